The van der Waals surface area contributed by atoms with E-state index in [2.05, 4.69) is 24.2 Å². The average Bonchev–Trinajstić information content (AvgIpc) is 3.00. The van der Waals surface area contributed by atoms with Gasteiger partial charge in [-0.05, 0) is 18.3 Å². The maximum absolute atomic E-state index is 4.62. The number of thioether (sulfide) groups is 1. The van der Waals surface area contributed by atoms with Crippen LogP contribution in [0.1, 0.15) is 46.0 Å². The van der Waals surface area contributed by atoms with Crippen LogP contribution in [0.4, 0.5) is 0 Å². The summed E-state index contributed by atoms with van der Waals surface area (Å²) in [5.74, 6) is 1.87. The number of amidine groups is 1. The fourth-order valence-corrected chi connectivity index (χ4v) is 3.69. The van der Waals surface area contributed by atoms with Crippen LogP contribution in [0.3, 0.4) is 0 Å². The molecule has 0 aromatic heterocycles. The highest BCUT2D eigenvalue weighted by Gasteiger charge is 2.26. The van der Waals surface area contributed by atoms with E-state index in [1.807, 2.05) is 11.8 Å². The first kappa shape index (κ1) is 12.3. The van der Waals surface area contributed by atoms with Gasteiger partial charge in [0.2, 0.25) is 0 Å². The molecule has 1 aliphatic heterocycles. The van der Waals surface area contributed by atoms with E-state index in [0.717, 1.165) is 30.2 Å². The van der Waals surface area contributed by atoms with E-state index in [1.54, 1.807) is 0 Å². The number of rotatable bonds is 6. The molecule has 3 heteroatoms. The highest BCUT2D eigenvalue weighted by molar-refractivity contribution is 8.14. The van der Waals surface area contributed by atoms with Gasteiger partial charge in [0.15, 0.2) is 5.17 Å². The molecule has 1 atom stereocenters. The second-order valence-electron chi connectivity index (χ2n) is 5.04. The van der Waals surface area contributed by atoms with Crippen molar-refractivity contribution in [2.24, 2.45) is 16.8 Å². The zero-order valence-electron chi connectivity index (χ0n) is 10.5. The van der Waals surface area contributed by atoms with Crippen LogP contribution in [0.25, 0.3) is 0 Å². The summed E-state index contributed by atoms with van der Waals surface area (Å²) < 4.78 is 0. The van der Waals surface area contributed by atoms with E-state index in [1.165, 1.54) is 37.3 Å². The Bertz CT molecular complexity index is 244. The van der Waals surface area contributed by atoms with Gasteiger partial charge in [-0.1, -0.05) is 51.3 Å². The fraction of sp³-hybridized carbons (Fsp3) is 0.923. The predicted octanol–water partition coefficient (Wildman–Crippen LogP) is 3.28. The second-order valence-corrected chi connectivity index (χ2v) is 6.27. The first-order valence-electron chi connectivity index (χ1n) is 6.78. The van der Waals surface area contributed by atoms with Gasteiger partial charge in [-0.3, -0.25) is 4.99 Å². The van der Waals surface area contributed by atoms with E-state index in [0.29, 0.717) is 0 Å². The highest BCUT2D eigenvalue weighted by Crippen LogP contribution is 2.32. The summed E-state index contributed by atoms with van der Waals surface area (Å²) >= 11 is 1.98. The Labute approximate surface area is 104 Å². The molecule has 2 nitrogen and oxygen atoms in total. The zero-order chi connectivity index (χ0) is 11.4. The summed E-state index contributed by atoms with van der Waals surface area (Å²) in [5.41, 5.74) is 0. The van der Waals surface area contributed by atoms with Crippen molar-refractivity contribution in [1.29, 1.82) is 0 Å². The van der Waals surface area contributed by atoms with Crippen molar-refractivity contribution in [2.75, 3.05) is 13.1 Å². The molecule has 1 unspecified atom stereocenters. The Hall–Kier alpha value is -0.180. The van der Waals surface area contributed by atoms with E-state index >= 15 is 0 Å². The number of hydrogen-bond acceptors (Lipinski definition) is 3. The van der Waals surface area contributed by atoms with E-state index in [9.17, 15) is 0 Å². The van der Waals surface area contributed by atoms with Gasteiger partial charge >= 0.3 is 0 Å². The molecule has 1 saturated carbocycles. The van der Waals surface area contributed by atoms with Crippen molar-refractivity contribution in [3.63, 3.8) is 0 Å². The largest absolute Gasteiger partial charge is 0.365 e. The number of hydrogen-bond donors (Lipinski definition) is 1. The second kappa shape index (κ2) is 5.95. The SMILES string of the molecule is CCC(CC)C1CN=C(NCCC2CC2)S1. The van der Waals surface area contributed by atoms with Crippen LogP contribution in [0.5, 0.6) is 0 Å². The third kappa shape index (κ3) is 3.41. The predicted molar refractivity (Wildman–Crippen MR) is 73.1 cm³/mol. The first-order valence-corrected chi connectivity index (χ1v) is 7.66. The van der Waals surface area contributed by atoms with Gasteiger partial charge < -0.3 is 5.32 Å². The zero-order valence-corrected chi connectivity index (χ0v) is 11.4. The maximum Gasteiger partial charge on any atom is 0.156 e. The molecule has 0 radical (unpaired) electrons. The van der Waals surface area contributed by atoms with Crippen LogP contribution >= 0.6 is 11.8 Å². The molecule has 16 heavy (non-hydrogen) atoms. The summed E-state index contributed by atoms with van der Waals surface area (Å²) in [7, 11) is 0. The molecule has 0 aromatic rings. The quantitative estimate of drug-likeness (QED) is 0.770. The normalized spacial score (nSPS) is 24.9. The minimum Gasteiger partial charge on any atom is -0.365 e. The van der Waals surface area contributed by atoms with Crippen molar-refractivity contribution in [1.82, 2.24) is 5.32 Å². The smallest absolute Gasteiger partial charge is 0.156 e. The molecule has 0 bridgehead atoms. The lowest BCUT2D eigenvalue weighted by atomic mass is 9.99. The number of aliphatic imine (C=N–C) groups is 1. The van der Waals surface area contributed by atoms with E-state index < -0.39 is 0 Å². The Morgan fingerprint density at radius 2 is 2.12 bits per heavy atom. The minimum absolute atomic E-state index is 0.735. The van der Waals surface area contributed by atoms with Gasteiger partial charge in [-0.15, -0.1) is 0 Å². The molecule has 1 fully saturated rings. The number of nitrogens with one attached hydrogen (secondary N) is 1. The van der Waals surface area contributed by atoms with Crippen LogP contribution in [0.15, 0.2) is 4.99 Å². The Balaban J connectivity index is 1.64. The van der Waals surface area contributed by atoms with Gasteiger partial charge in [-0.2, -0.15) is 0 Å². The van der Waals surface area contributed by atoms with Crippen molar-refractivity contribution in [3.05, 3.63) is 0 Å². The van der Waals surface area contributed by atoms with E-state index in [-0.39, 0.29) is 0 Å². The lowest BCUT2D eigenvalue weighted by Crippen LogP contribution is -2.22. The van der Waals surface area contributed by atoms with Crippen LogP contribution in [0, 0.1) is 11.8 Å². The van der Waals surface area contributed by atoms with Crippen molar-refractivity contribution >= 4 is 16.9 Å². The molecular formula is C13H24N2S. The molecule has 2 rings (SSSR count). The lowest BCUT2D eigenvalue weighted by Gasteiger charge is -2.18. The van der Waals surface area contributed by atoms with Crippen molar-refractivity contribution < 1.29 is 0 Å². The van der Waals surface area contributed by atoms with Crippen LogP contribution in [0.2, 0.25) is 0 Å². The Morgan fingerprint density at radius 1 is 1.38 bits per heavy atom. The summed E-state index contributed by atoms with van der Waals surface area (Å²) in [5, 5.41) is 5.44. The molecular weight excluding hydrogens is 216 g/mol. The monoisotopic (exact) mass is 240 g/mol. The minimum atomic E-state index is 0.735. The molecule has 92 valence electrons. The lowest BCUT2D eigenvalue weighted by molar-refractivity contribution is 0.479. The topological polar surface area (TPSA) is 24.4 Å². The summed E-state index contributed by atoms with van der Waals surface area (Å²) in [6, 6.07) is 0. The van der Waals surface area contributed by atoms with Gasteiger partial charge in [0.05, 0.1) is 6.54 Å². The molecule has 1 N–H and O–H groups in total. The van der Waals surface area contributed by atoms with Crippen LogP contribution < -0.4 is 5.32 Å². The van der Waals surface area contributed by atoms with Crippen LogP contribution in [-0.4, -0.2) is 23.5 Å². The van der Waals surface area contributed by atoms with E-state index in [4.69, 9.17) is 0 Å². The third-order valence-corrected chi connectivity index (χ3v) is 5.11. The summed E-state index contributed by atoms with van der Waals surface area (Å²) in [6.45, 7) is 6.76. The standard InChI is InChI=1S/C13H24N2S/c1-3-11(4-2)12-9-15-13(16-12)14-8-7-10-5-6-10/h10-12H,3-9H2,1-2H3,(H,14,15). The van der Waals surface area contributed by atoms with Crippen molar-refractivity contribution in [3.8, 4) is 0 Å². The third-order valence-electron chi connectivity index (χ3n) is 3.78. The first-order chi connectivity index (χ1) is 7.83. The Kier molecular flexibility index (Phi) is 4.56. The van der Waals surface area contributed by atoms with Crippen molar-refractivity contribution in [2.45, 2.75) is 51.2 Å². The molecule has 0 amide bonds. The molecule has 1 aliphatic carbocycles. The Morgan fingerprint density at radius 3 is 2.75 bits per heavy atom. The summed E-state index contributed by atoms with van der Waals surface area (Å²) in [4.78, 5) is 4.62. The van der Waals surface area contributed by atoms with Gasteiger partial charge in [0.25, 0.3) is 0 Å². The fourth-order valence-electron chi connectivity index (χ4n) is 2.34. The van der Waals surface area contributed by atoms with Crippen LogP contribution in [-0.2, 0) is 0 Å². The molecule has 0 spiro atoms. The maximum atomic E-state index is 4.62. The van der Waals surface area contributed by atoms with Gasteiger partial charge in [-0.25, -0.2) is 0 Å². The average molecular weight is 240 g/mol. The van der Waals surface area contributed by atoms with Gasteiger partial charge in [0, 0.05) is 11.8 Å². The van der Waals surface area contributed by atoms with Gasteiger partial charge in [0.1, 0.15) is 0 Å². The molecule has 0 aromatic carbocycles. The molecule has 0 saturated heterocycles. The number of nitrogens with zero attached hydrogens (tertiary/aromatic N) is 1. The molecule has 1 heterocycles. The molecule has 2 aliphatic rings. The summed E-state index contributed by atoms with van der Waals surface area (Å²) in [6.07, 6.45) is 6.84. The highest BCUT2D eigenvalue weighted by atomic mass is 32.2.